The minimum atomic E-state index is 0. The lowest BCUT2D eigenvalue weighted by molar-refractivity contribution is 0.272. The fourth-order valence-corrected chi connectivity index (χ4v) is 3.93. The van der Waals surface area contributed by atoms with Gasteiger partial charge in [0.25, 0.3) is 0 Å². The Balaban J connectivity index is 0.00000361. The number of rotatable bonds is 8. The van der Waals surface area contributed by atoms with Crippen LogP contribution in [0.1, 0.15) is 39.0 Å². The lowest BCUT2D eigenvalue weighted by Crippen LogP contribution is -2.32. The maximum atomic E-state index is 5.91. The Bertz CT molecular complexity index is 322. The Labute approximate surface area is 141 Å². The molecule has 3 nitrogen and oxygen atoms in total. The van der Waals surface area contributed by atoms with Crippen molar-refractivity contribution < 1.29 is 4.65 Å². The van der Waals surface area contributed by atoms with Crippen molar-refractivity contribution in [1.29, 1.82) is 0 Å². The number of nitrogens with one attached hydrogen (secondary N) is 1. The zero-order valence-corrected chi connectivity index (χ0v) is 15.3. The summed E-state index contributed by atoms with van der Waals surface area (Å²) < 4.78 is 9.31. The molecule has 0 aromatic heterocycles. The minimum Gasteiger partial charge on any atom is -0.406 e. The monoisotopic (exact) mass is 408 g/mol. The van der Waals surface area contributed by atoms with Gasteiger partial charge in [0.2, 0.25) is 0 Å². The summed E-state index contributed by atoms with van der Waals surface area (Å²) >= 11 is 4.12. The van der Waals surface area contributed by atoms with Crippen molar-refractivity contribution in [1.82, 2.24) is 10.8 Å². The first kappa shape index (κ1) is 20.2. The molecule has 0 aromatic carbocycles. The molecule has 1 saturated carbocycles. The van der Waals surface area contributed by atoms with Crippen LogP contribution in [0.25, 0.3) is 0 Å². The second kappa shape index (κ2) is 11.9. The molecule has 0 radical (unpaired) electrons. The Morgan fingerprint density at radius 3 is 2.60 bits per heavy atom. The zero-order chi connectivity index (χ0) is 14.1. The standard InChI is InChI=1S/C14H23BINOS.H3N/c1-4-9-13(5-2)12(3)18-15(16)17-19-14-10-7-6-8-11-14;/h4-5,9,12,14,17H,1-2,6-8,10-11H2,3H3;1H3/b13-9+;. The van der Waals surface area contributed by atoms with Crippen molar-refractivity contribution in [3.05, 3.63) is 37.0 Å². The average Bonchev–Trinajstić information content (AvgIpc) is 2.43. The maximum Gasteiger partial charge on any atom is 0.464 e. The third kappa shape index (κ3) is 7.88. The van der Waals surface area contributed by atoms with Gasteiger partial charge in [-0.3, -0.25) is 4.63 Å². The SMILES string of the molecule is C=C/C=C(\C=C)C(C)OB(I)NSC1CCCCC1.N. The maximum absolute atomic E-state index is 5.91. The molecule has 4 N–H and O–H groups in total. The van der Waals surface area contributed by atoms with Crippen molar-refractivity contribution in [2.75, 3.05) is 0 Å². The molecule has 0 bridgehead atoms. The molecule has 0 aromatic rings. The molecule has 0 aliphatic heterocycles. The third-order valence-corrected chi connectivity index (χ3v) is 5.40. The van der Waals surface area contributed by atoms with E-state index in [0.29, 0.717) is 0 Å². The first-order valence-electron chi connectivity index (χ1n) is 6.83. The van der Waals surface area contributed by atoms with Crippen LogP contribution >= 0.6 is 34.3 Å². The fraction of sp³-hybridized carbons (Fsp3) is 0.571. The molecule has 0 heterocycles. The first-order chi connectivity index (χ1) is 9.17. The Morgan fingerprint density at radius 1 is 1.40 bits per heavy atom. The molecule has 1 atom stereocenters. The second-order valence-corrected chi connectivity index (χ2v) is 6.97. The molecule has 20 heavy (non-hydrogen) atoms. The van der Waals surface area contributed by atoms with E-state index in [-0.39, 0.29) is 17.2 Å². The van der Waals surface area contributed by atoms with Gasteiger partial charge < -0.3 is 10.8 Å². The van der Waals surface area contributed by atoms with E-state index in [4.69, 9.17) is 4.65 Å². The molecule has 0 amide bonds. The van der Waals surface area contributed by atoms with Gasteiger partial charge in [0.05, 0.1) is 6.10 Å². The summed E-state index contributed by atoms with van der Waals surface area (Å²) in [5, 5.41) is 0.743. The highest BCUT2D eigenvalue weighted by Crippen LogP contribution is 2.27. The van der Waals surface area contributed by atoms with Crippen LogP contribution in [0.3, 0.4) is 0 Å². The van der Waals surface area contributed by atoms with Crippen LogP contribution in [0, 0.1) is 0 Å². The quantitative estimate of drug-likeness (QED) is 0.261. The first-order valence-corrected chi connectivity index (χ1v) is 8.95. The fourth-order valence-electron chi connectivity index (χ4n) is 2.12. The number of halogens is 1. The number of allylic oxidation sites excluding steroid dienone is 2. The number of hydrogen-bond acceptors (Lipinski definition) is 4. The molecule has 1 fully saturated rings. The molecule has 1 unspecified atom stereocenters. The van der Waals surface area contributed by atoms with Gasteiger partial charge >= 0.3 is 4.91 Å². The van der Waals surface area contributed by atoms with E-state index in [0.717, 1.165) is 10.8 Å². The van der Waals surface area contributed by atoms with Gasteiger partial charge in [0.15, 0.2) is 0 Å². The van der Waals surface area contributed by atoms with Crippen LogP contribution in [0.5, 0.6) is 0 Å². The van der Waals surface area contributed by atoms with Crippen LogP contribution in [0.4, 0.5) is 0 Å². The van der Waals surface area contributed by atoms with Crippen molar-refractivity contribution in [2.24, 2.45) is 0 Å². The van der Waals surface area contributed by atoms with Gasteiger partial charge in [-0.15, -0.1) is 0 Å². The molecule has 1 aliphatic rings. The van der Waals surface area contributed by atoms with Crippen LogP contribution < -0.4 is 10.8 Å². The topological polar surface area (TPSA) is 56.3 Å². The van der Waals surface area contributed by atoms with E-state index in [2.05, 4.69) is 40.2 Å². The molecule has 1 aliphatic carbocycles. The summed E-state index contributed by atoms with van der Waals surface area (Å²) in [5.74, 6) is 0. The normalized spacial score (nSPS) is 18.0. The second-order valence-electron chi connectivity index (χ2n) is 4.70. The van der Waals surface area contributed by atoms with Crippen LogP contribution in [-0.4, -0.2) is 16.3 Å². The van der Waals surface area contributed by atoms with Gasteiger partial charge in [-0.1, -0.05) is 85.0 Å². The van der Waals surface area contributed by atoms with Gasteiger partial charge in [-0.05, 0) is 25.3 Å². The summed E-state index contributed by atoms with van der Waals surface area (Å²) in [5.41, 5.74) is 1.06. The van der Waals surface area contributed by atoms with Crippen molar-refractivity contribution in [3.63, 3.8) is 0 Å². The summed E-state index contributed by atoms with van der Waals surface area (Å²) in [7, 11) is 0. The molecule has 6 heteroatoms. The largest absolute Gasteiger partial charge is 0.464 e. The lowest BCUT2D eigenvalue weighted by Gasteiger charge is -2.23. The van der Waals surface area contributed by atoms with E-state index >= 15 is 0 Å². The van der Waals surface area contributed by atoms with Gasteiger partial charge in [-0.2, -0.15) is 0 Å². The van der Waals surface area contributed by atoms with Crippen molar-refractivity contribution in [2.45, 2.75) is 50.4 Å². The van der Waals surface area contributed by atoms with Crippen LogP contribution in [0.15, 0.2) is 37.0 Å². The zero-order valence-electron chi connectivity index (χ0n) is 12.3. The summed E-state index contributed by atoms with van der Waals surface area (Å²) in [6.45, 7) is 9.55. The predicted molar refractivity (Wildman–Crippen MR) is 101 cm³/mol. The van der Waals surface area contributed by atoms with E-state index in [9.17, 15) is 0 Å². The molecule has 0 spiro atoms. The number of hydrogen-bond donors (Lipinski definition) is 2. The highest BCUT2D eigenvalue weighted by atomic mass is 127. The molecule has 114 valence electrons. The van der Waals surface area contributed by atoms with Crippen LogP contribution in [-0.2, 0) is 4.65 Å². The molecule has 0 saturated heterocycles. The van der Waals surface area contributed by atoms with E-state index < -0.39 is 0 Å². The third-order valence-electron chi connectivity index (χ3n) is 3.22. The summed E-state index contributed by atoms with van der Waals surface area (Å²) in [6, 6.07) is 0. The Morgan fingerprint density at radius 2 is 2.05 bits per heavy atom. The smallest absolute Gasteiger partial charge is 0.406 e. The van der Waals surface area contributed by atoms with Gasteiger partial charge in [0.1, 0.15) is 0 Å². The van der Waals surface area contributed by atoms with Crippen LogP contribution in [0.2, 0.25) is 0 Å². The highest BCUT2D eigenvalue weighted by molar-refractivity contribution is 14.1. The van der Waals surface area contributed by atoms with E-state index in [1.807, 2.05) is 31.0 Å². The molecule has 1 rings (SSSR count). The minimum absolute atomic E-state index is 0. The predicted octanol–water partition coefficient (Wildman–Crippen LogP) is 4.84. The molecular weight excluding hydrogens is 382 g/mol. The van der Waals surface area contributed by atoms with Crippen molar-refractivity contribution in [3.8, 4) is 0 Å². The van der Waals surface area contributed by atoms with Gasteiger partial charge in [0, 0.05) is 5.25 Å². The van der Waals surface area contributed by atoms with Crippen molar-refractivity contribution >= 4 is 39.2 Å². The summed E-state index contributed by atoms with van der Waals surface area (Å²) in [6.07, 6.45) is 12.3. The van der Waals surface area contributed by atoms with E-state index in [1.165, 1.54) is 32.1 Å². The van der Waals surface area contributed by atoms with E-state index in [1.54, 1.807) is 6.08 Å². The Hall–Kier alpha value is 0.245. The van der Waals surface area contributed by atoms with Gasteiger partial charge in [-0.25, -0.2) is 0 Å². The Kier molecular flexibility index (Phi) is 12.0. The summed E-state index contributed by atoms with van der Waals surface area (Å²) in [4.78, 5) is 0.00712. The molecular formula is C14H26BIN2OS. The lowest BCUT2D eigenvalue weighted by atomic mass is 10.0. The average molecular weight is 408 g/mol. The highest BCUT2D eigenvalue weighted by Gasteiger charge is 2.20.